The molecule has 0 aromatic heterocycles. The minimum atomic E-state index is -4.65. The Bertz CT molecular complexity index is 1180. The lowest BCUT2D eigenvalue weighted by molar-refractivity contribution is -0.384. The van der Waals surface area contributed by atoms with Gasteiger partial charge in [0.1, 0.15) is 12.9 Å². The van der Waals surface area contributed by atoms with Crippen molar-refractivity contribution in [2.45, 2.75) is 115 Å². The topological polar surface area (TPSA) is 111 Å². The van der Waals surface area contributed by atoms with Crippen molar-refractivity contribution in [3.05, 3.63) is 35.4 Å². The predicted octanol–water partition coefficient (Wildman–Crippen LogP) is 6.45. The van der Waals surface area contributed by atoms with Crippen LogP contribution in [0.25, 0.3) is 0 Å². The lowest BCUT2D eigenvalue weighted by Crippen LogP contribution is -2.68. The number of carbonyl (C=O) groups is 1. The largest absolute Gasteiger partial charge is 0.450 e. The SMILES string of the molecule is COCCOCO[C@@H]1[C@@H](C)[C@@H]([C@@H](C)[C@@H](OC)[C@H](C)CO[Si](C)(C)C(C)(C)C)O[C@@]2(CCC(O)CO2)[C@@H]1OC(=O)c1cccc(C(F)(F)F)c1. The molecule has 2 aliphatic heterocycles. The van der Waals surface area contributed by atoms with Gasteiger partial charge in [0, 0.05) is 45.0 Å². The maximum absolute atomic E-state index is 13.5. The van der Waals surface area contributed by atoms with Crippen molar-refractivity contribution in [3.63, 3.8) is 0 Å². The summed E-state index contributed by atoms with van der Waals surface area (Å²) in [4.78, 5) is 13.5. The first kappa shape index (κ1) is 41.8. The van der Waals surface area contributed by atoms with Gasteiger partial charge in [-0.25, -0.2) is 4.79 Å². The van der Waals surface area contributed by atoms with Crippen LogP contribution >= 0.6 is 0 Å². The van der Waals surface area contributed by atoms with Crippen molar-refractivity contribution in [2.24, 2.45) is 17.8 Å². The van der Waals surface area contributed by atoms with Crippen LogP contribution in [0.5, 0.6) is 0 Å². The zero-order chi connectivity index (χ0) is 36.8. The van der Waals surface area contributed by atoms with Crippen molar-refractivity contribution >= 4 is 14.3 Å². The van der Waals surface area contributed by atoms with Gasteiger partial charge in [0.05, 0.1) is 49.3 Å². The van der Waals surface area contributed by atoms with Crippen LogP contribution < -0.4 is 0 Å². The Labute approximate surface area is 290 Å². The van der Waals surface area contributed by atoms with Crippen LogP contribution in [0.3, 0.4) is 0 Å². The molecule has 0 amide bonds. The molecular formula is C35H57F3O10Si. The molecular weight excluding hydrogens is 665 g/mol. The molecule has 1 aromatic rings. The first-order valence-electron chi connectivity index (χ1n) is 17.0. The molecule has 1 spiro atoms. The summed E-state index contributed by atoms with van der Waals surface area (Å²) in [5.74, 6) is -3.27. The fourth-order valence-corrected chi connectivity index (χ4v) is 7.43. The van der Waals surface area contributed by atoms with E-state index in [2.05, 4.69) is 40.8 Å². The van der Waals surface area contributed by atoms with Crippen molar-refractivity contribution in [1.29, 1.82) is 0 Å². The molecule has 10 nitrogen and oxygen atoms in total. The van der Waals surface area contributed by atoms with Crippen LogP contribution in [-0.4, -0.2) is 103 Å². The third-order valence-electron chi connectivity index (χ3n) is 10.3. The third-order valence-corrected chi connectivity index (χ3v) is 14.8. The zero-order valence-electron chi connectivity index (χ0n) is 30.6. The maximum Gasteiger partial charge on any atom is 0.416 e. The minimum Gasteiger partial charge on any atom is -0.450 e. The number of hydrogen-bond acceptors (Lipinski definition) is 10. The second kappa shape index (κ2) is 17.3. The number of alkyl halides is 3. The van der Waals surface area contributed by atoms with Crippen molar-refractivity contribution < 1.29 is 60.7 Å². The van der Waals surface area contributed by atoms with E-state index in [1.54, 1.807) is 14.2 Å². The van der Waals surface area contributed by atoms with E-state index in [0.29, 0.717) is 13.2 Å². The van der Waals surface area contributed by atoms with Crippen molar-refractivity contribution in [1.82, 2.24) is 0 Å². The number of hydrogen-bond donors (Lipinski definition) is 1. The lowest BCUT2D eigenvalue weighted by Gasteiger charge is -2.55. The number of aliphatic hydroxyl groups excluding tert-OH is 1. The lowest BCUT2D eigenvalue weighted by atomic mass is 9.76. The summed E-state index contributed by atoms with van der Waals surface area (Å²) in [5, 5.41) is 10.4. The summed E-state index contributed by atoms with van der Waals surface area (Å²) < 4.78 is 89.2. The Balaban J connectivity index is 1.97. The van der Waals surface area contributed by atoms with Gasteiger partial charge in [0.15, 0.2) is 14.4 Å². The Kier molecular flexibility index (Phi) is 14.7. The summed E-state index contributed by atoms with van der Waals surface area (Å²) in [5.41, 5.74) is -1.26. The molecule has 9 atom stereocenters. The molecule has 3 rings (SSSR count). The highest BCUT2D eigenvalue weighted by Gasteiger charge is 2.60. The summed E-state index contributed by atoms with van der Waals surface area (Å²) in [7, 11) is 1.16. The highest BCUT2D eigenvalue weighted by atomic mass is 28.4. The van der Waals surface area contributed by atoms with Crippen LogP contribution in [0, 0.1) is 17.8 Å². The number of halogens is 3. The number of ether oxygens (including phenoxy) is 7. The van der Waals surface area contributed by atoms with Crippen molar-refractivity contribution in [2.75, 3.05) is 47.4 Å². The van der Waals surface area contributed by atoms with Crippen LogP contribution in [0.1, 0.15) is 70.3 Å². The van der Waals surface area contributed by atoms with E-state index in [-0.39, 0.29) is 61.4 Å². The average molecular weight is 723 g/mol. The van der Waals surface area contributed by atoms with Gasteiger partial charge in [-0.15, -0.1) is 0 Å². The fourth-order valence-electron chi connectivity index (χ4n) is 6.31. The summed E-state index contributed by atoms with van der Waals surface area (Å²) >= 11 is 0. The van der Waals surface area contributed by atoms with Crippen molar-refractivity contribution in [3.8, 4) is 0 Å². The minimum absolute atomic E-state index is 0.0248. The normalized spacial score (nSPS) is 28.7. The number of benzene rings is 1. The van der Waals surface area contributed by atoms with Gasteiger partial charge in [0.25, 0.3) is 0 Å². The second-order valence-electron chi connectivity index (χ2n) is 14.9. The molecule has 0 aliphatic carbocycles. The number of rotatable bonds is 15. The number of esters is 1. The summed E-state index contributed by atoms with van der Waals surface area (Å²) in [6.45, 7) is 17.7. The molecule has 2 heterocycles. The van der Waals surface area contributed by atoms with Crippen LogP contribution in [0.2, 0.25) is 18.1 Å². The van der Waals surface area contributed by atoms with Gasteiger partial charge in [-0.3, -0.25) is 0 Å². The fraction of sp³-hybridized carbons (Fsp3) is 0.800. The first-order chi connectivity index (χ1) is 22.8. The Morgan fingerprint density at radius 1 is 1.14 bits per heavy atom. The highest BCUT2D eigenvalue weighted by molar-refractivity contribution is 6.74. The van der Waals surface area contributed by atoms with E-state index < -0.39 is 62.1 Å². The Hall–Kier alpha value is -1.62. The van der Waals surface area contributed by atoms with E-state index in [0.717, 1.165) is 18.2 Å². The molecule has 1 unspecified atom stereocenters. The highest BCUT2D eigenvalue weighted by Crippen LogP contribution is 2.46. The van der Waals surface area contributed by atoms with Gasteiger partial charge in [-0.2, -0.15) is 13.2 Å². The van der Waals surface area contributed by atoms with Gasteiger partial charge >= 0.3 is 12.1 Å². The molecule has 2 aliphatic rings. The number of methoxy groups -OCH3 is 2. The van der Waals surface area contributed by atoms with Gasteiger partial charge in [-0.1, -0.05) is 47.6 Å². The standard InChI is InChI=1S/C35H57F3O10Si/c1-22(19-46-49(9,10)33(4,5)6)28(42-8)23(2)29-24(3)30(44-21-43-17-16-41-7)31(34(48-29)15-14-27(39)20-45-34)47-32(40)25-12-11-13-26(18-25)35(36,37)38/h11-13,18,22-24,27-31,39H,14-17,19-21H2,1-10H3/t22-,23+,24+,27?,28+,29-,30-,31-,34+/m1/s1. The zero-order valence-corrected chi connectivity index (χ0v) is 31.6. The molecule has 0 bridgehead atoms. The van der Waals surface area contributed by atoms with Crippen LogP contribution in [-0.2, 0) is 43.8 Å². The van der Waals surface area contributed by atoms with E-state index in [9.17, 15) is 23.1 Å². The van der Waals surface area contributed by atoms with E-state index in [1.807, 2.05) is 13.8 Å². The van der Waals surface area contributed by atoms with Gasteiger partial charge < -0.3 is 42.7 Å². The number of carbonyl (C=O) groups excluding carboxylic acids is 1. The van der Waals surface area contributed by atoms with E-state index in [1.165, 1.54) is 6.07 Å². The smallest absolute Gasteiger partial charge is 0.416 e. The second-order valence-corrected chi connectivity index (χ2v) is 19.7. The van der Waals surface area contributed by atoms with Crippen LogP contribution in [0.15, 0.2) is 24.3 Å². The quantitative estimate of drug-likeness (QED) is 0.0939. The summed E-state index contributed by atoms with van der Waals surface area (Å²) in [6, 6.07) is 4.04. The van der Waals surface area contributed by atoms with Gasteiger partial charge in [-0.05, 0) is 42.8 Å². The van der Waals surface area contributed by atoms with E-state index >= 15 is 0 Å². The Morgan fingerprint density at radius 2 is 1.84 bits per heavy atom. The van der Waals surface area contributed by atoms with E-state index in [4.69, 9.17) is 37.6 Å². The first-order valence-corrected chi connectivity index (χ1v) is 19.9. The molecule has 2 fully saturated rings. The monoisotopic (exact) mass is 722 g/mol. The Morgan fingerprint density at radius 3 is 2.41 bits per heavy atom. The molecule has 2 saturated heterocycles. The molecule has 49 heavy (non-hydrogen) atoms. The predicted molar refractivity (Wildman–Crippen MR) is 178 cm³/mol. The molecule has 282 valence electrons. The maximum atomic E-state index is 13.5. The van der Waals surface area contributed by atoms with Gasteiger partial charge in [0.2, 0.25) is 5.79 Å². The molecule has 14 heteroatoms. The third kappa shape index (κ3) is 10.5. The molecule has 1 aromatic carbocycles. The summed E-state index contributed by atoms with van der Waals surface area (Å²) in [6.07, 6.45) is -7.97. The number of aliphatic hydroxyl groups is 1. The average Bonchev–Trinajstić information content (AvgIpc) is 3.03. The molecule has 0 radical (unpaired) electrons. The molecule has 1 N–H and O–H groups in total. The van der Waals surface area contributed by atoms with Crippen LogP contribution in [0.4, 0.5) is 13.2 Å². The molecule has 0 saturated carbocycles.